The minimum atomic E-state index is -3.21. The van der Waals surface area contributed by atoms with Crippen LogP contribution in [0.15, 0.2) is 18.2 Å². The normalized spacial score (nSPS) is 17.6. The fraction of sp³-hybridized carbons (Fsp3) is 0.474. The van der Waals surface area contributed by atoms with Crippen LogP contribution in [0.2, 0.25) is 0 Å². The highest BCUT2D eigenvalue weighted by atomic mass is 19.3. The van der Waals surface area contributed by atoms with E-state index in [0.717, 1.165) is 12.5 Å². The highest BCUT2D eigenvalue weighted by molar-refractivity contribution is 6.12. The predicted octanol–water partition coefficient (Wildman–Crippen LogP) is 0.360. The zero-order chi connectivity index (χ0) is 22.5. The molecule has 10 nitrogen and oxygen atoms in total. The molecule has 1 saturated heterocycles. The summed E-state index contributed by atoms with van der Waals surface area (Å²) in [5.74, 6) is -3.66. The second-order valence-corrected chi connectivity index (χ2v) is 7.12. The Balaban J connectivity index is 1.79. The second-order valence-electron chi connectivity index (χ2n) is 7.12. The maximum atomic E-state index is 12.9. The molecule has 2 aliphatic rings. The summed E-state index contributed by atoms with van der Waals surface area (Å²) in [6, 6.07) is 2.15. The lowest BCUT2D eigenvalue weighted by Gasteiger charge is -2.28. The first-order valence-corrected chi connectivity index (χ1v) is 9.64. The van der Waals surface area contributed by atoms with E-state index in [1.807, 2.05) is 0 Å². The molecule has 3 rings (SSSR count). The number of hydrogen-bond donors (Lipinski definition) is 3. The van der Waals surface area contributed by atoms with E-state index in [1.165, 1.54) is 17.0 Å². The molecular weight excluding hydrogens is 418 g/mol. The summed E-state index contributed by atoms with van der Waals surface area (Å²) in [7, 11) is 0. The number of carbonyl (C=O) groups is 4. The number of anilines is 2. The molecule has 1 aliphatic carbocycles. The molecule has 2 fully saturated rings. The van der Waals surface area contributed by atoms with Crippen LogP contribution in [0.4, 0.5) is 20.2 Å². The fourth-order valence-electron chi connectivity index (χ4n) is 3.17. The van der Waals surface area contributed by atoms with Crippen molar-refractivity contribution in [2.45, 2.75) is 31.9 Å². The molecule has 1 aromatic carbocycles. The van der Waals surface area contributed by atoms with Gasteiger partial charge in [0.1, 0.15) is 6.61 Å². The van der Waals surface area contributed by atoms with E-state index in [9.17, 15) is 28.0 Å². The SMILES string of the molecule is NC(=O)[C@H](NC(=O)C1CCC1)C(=O)Nc1ccc(N2CCOCC2=O)cc1OC(F)F. The van der Waals surface area contributed by atoms with Gasteiger partial charge in [-0.1, -0.05) is 6.42 Å². The summed E-state index contributed by atoms with van der Waals surface area (Å²) in [4.78, 5) is 49.7. The standard InChI is InChI=1S/C19H22F2N4O6/c20-19(21)31-13-8-11(25-6-7-30-9-14(25)26)4-5-12(13)23-18(29)15(16(22)27)24-17(28)10-2-1-3-10/h4-5,8,10,15,19H,1-3,6-7,9H2,(H2,22,27)(H,23,29)(H,24,28)/t15-/m0/s1. The van der Waals surface area contributed by atoms with E-state index in [0.29, 0.717) is 12.8 Å². The molecule has 0 spiro atoms. The number of alkyl halides is 2. The molecule has 0 radical (unpaired) electrons. The summed E-state index contributed by atoms with van der Waals surface area (Å²) in [5.41, 5.74) is 5.32. The van der Waals surface area contributed by atoms with Crippen molar-refractivity contribution in [1.29, 1.82) is 0 Å². The summed E-state index contributed by atoms with van der Waals surface area (Å²) < 4.78 is 35.3. The van der Waals surface area contributed by atoms with E-state index < -0.39 is 36.1 Å². The number of carbonyl (C=O) groups excluding carboxylic acids is 4. The van der Waals surface area contributed by atoms with Crippen LogP contribution < -0.4 is 26.0 Å². The van der Waals surface area contributed by atoms with Crippen LogP contribution >= 0.6 is 0 Å². The smallest absolute Gasteiger partial charge is 0.387 e. The van der Waals surface area contributed by atoms with Crippen molar-refractivity contribution in [2.75, 3.05) is 30.0 Å². The predicted molar refractivity (Wildman–Crippen MR) is 103 cm³/mol. The van der Waals surface area contributed by atoms with Crippen LogP contribution in [-0.4, -0.2) is 56.0 Å². The average molecular weight is 440 g/mol. The van der Waals surface area contributed by atoms with Crippen molar-refractivity contribution in [3.05, 3.63) is 18.2 Å². The van der Waals surface area contributed by atoms with Crippen LogP contribution in [0.1, 0.15) is 19.3 Å². The van der Waals surface area contributed by atoms with Crippen LogP contribution in [0.25, 0.3) is 0 Å². The van der Waals surface area contributed by atoms with Gasteiger partial charge in [-0.15, -0.1) is 0 Å². The number of nitrogens with zero attached hydrogens (tertiary/aromatic N) is 1. The van der Waals surface area contributed by atoms with Gasteiger partial charge in [-0.3, -0.25) is 19.2 Å². The molecule has 0 aromatic heterocycles. The number of halogens is 2. The first-order chi connectivity index (χ1) is 14.8. The van der Waals surface area contributed by atoms with Crippen LogP contribution in [0, 0.1) is 5.92 Å². The first kappa shape index (κ1) is 22.4. The Morgan fingerprint density at radius 3 is 2.58 bits per heavy atom. The van der Waals surface area contributed by atoms with Crippen LogP contribution in [0.3, 0.4) is 0 Å². The zero-order valence-electron chi connectivity index (χ0n) is 16.4. The van der Waals surface area contributed by atoms with E-state index in [-0.39, 0.29) is 43.0 Å². The minimum absolute atomic E-state index is 0.148. The Morgan fingerprint density at radius 2 is 2.00 bits per heavy atom. The number of hydrogen-bond acceptors (Lipinski definition) is 6. The van der Waals surface area contributed by atoms with E-state index in [1.54, 1.807) is 0 Å². The molecular formula is C19H22F2N4O6. The molecule has 0 unspecified atom stereocenters. The van der Waals surface area contributed by atoms with Crippen molar-refractivity contribution in [3.63, 3.8) is 0 Å². The van der Waals surface area contributed by atoms with Gasteiger partial charge in [0.25, 0.3) is 11.8 Å². The van der Waals surface area contributed by atoms with E-state index in [2.05, 4.69) is 15.4 Å². The molecule has 1 atom stereocenters. The van der Waals surface area contributed by atoms with Gasteiger partial charge >= 0.3 is 6.61 Å². The Labute approximate surface area is 176 Å². The van der Waals surface area contributed by atoms with Crippen LogP contribution in [0.5, 0.6) is 5.75 Å². The van der Waals surface area contributed by atoms with Crippen molar-refractivity contribution >= 4 is 35.0 Å². The van der Waals surface area contributed by atoms with Gasteiger partial charge < -0.3 is 30.7 Å². The molecule has 168 valence electrons. The molecule has 12 heteroatoms. The highest BCUT2D eigenvalue weighted by Gasteiger charge is 2.32. The molecule has 1 aliphatic heterocycles. The monoisotopic (exact) mass is 440 g/mol. The van der Waals surface area contributed by atoms with Crippen molar-refractivity contribution in [3.8, 4) is 5.75 Å². The first-order valence-electron chi connectivity index (χ1n) is 9.64. The number of rotatable bonds is 8. The summed E-state index contributed by atoms with van der Waals surface area (Å²) in [5, 5.41) is 4.56. The number of amides is 4. The summed E-state index contributed by atoms with van der Waals surface area (Å²) in [6.07, 6.45) is 2.16. The molecule has 4 N–H and O–H groups in total. The quantitative estimate of drug-likeness (QED) is 0.499. The van der Waals surface area contributed by atoms with Crippen molar-refractivity contribution in [1.82, 2.24) is 5.32 Å². The number of benzene rings is 1. The molecule has 1 aromatic rings. The second kappa shape index (κ2) is 9.69. The van der Waals surface area contributed by atoms with E-state index in [4.69, 9.17) is 10.5 Å². The number of nitrogens with two attached hydrogens (primary N) is 1. The molecule has 31 heavy (non-hydrogen) atoms. The third kappa shape index (κ3) is 5.45. The van der Waals surface area contributed by atoms with Gasteiger partial charge in [0.2, 0.25) is 11.8 Å². The topological polar surface area (TPSA) is 140 Å². The molecule has 1 heterocycles. The number of nitrogens with one attached hydrogen (secondary N) is 2. The Morgan fingerprint density at radius 1 is 1.26 bits per heavy atom. The summed E-state index contributed by atoms with van der Waals surface area (Å²) >= 11 is 0. The van der Waals surface area contributed by atoms with Gasteiger partial charge in [-0.05, 0) is 25.0 Å². The highest BCUT2D eigenvalue weighted by Crippen LogP contribution is 2.32. The lowest BCUT2D eigenvalue weighted by Crippen LogP contribution is -2.53. The fourth-order valence-corrected chi connectivity index (χ4v) is 3.17. The average Bonchev–Trinajstić information content (AvgIpc) is 2.65. The number of morpholine rings is 1. The van der Waals surface area contributed by atoms with Crippen molar-refractivity contribution in [2.24, 2.45) is 11.7 Å². The third-order valence-corrected chi connectivity index (χ3v) is 5.05. The molecule has 0 bridgehead atoms. The Bertz CT molecular complexity index is 877. The lowest BCUT2D eigenvalue weighted by molar-refractivity contribution is -0.136. The van der Waals surface area contributed by atoms with Gasteiger partial charge in [-0.25, -0.2) is 0 Å². The molecule has 1 saturated carbocycles. The lowest BCUT2D eigenvalue weighted by atomic mass is 9.84. The van der Waals surface area contributed by atoms with Crippen LogP contribution in [-0.2, 0) is 23.9 Å². The minimum Gasteiger partial charge on any atom is -0.433 e. The van der Waals surface area contributed by atoms with E-state index >= 15 is 0 Å². The molecule has 4 amide bonds. The Kier molecular flexibility index (Phi) is 7.00. The Hall–Kier alpha value is -3.28. The largest absolute Gasteiger partial charge is 0.433 e. The van der Waals surface area contributed by atoms with Gasteiger partial charge in [0, 0.05) is 24.2 Å². The van der Waals surface area contributed by atoms with Gasteiger partial charge in [0.15, 0.2) is 11.8 Å². The van der Waals surface area contributed by atoms with Gasteiger partial charge in [0.05, 0.1) is 12.3 Å². The number of ether oxygens (including phenoxy) is 2. The maximum Gasteiger partial charge on any atom is 0.387 e. The zero-order valence-corrected chi connectivity index (χ0v) is 16.4. The van der Waals surface area contributed by atoms with Gasteiger partial charge in [-0.2, -0.15) is 8.78 Å². The third-order valence-electron chi connectivity index (χ3n) is 5.05. The number of primary amides is 1. The summed E-state index contributed by atoms with van der Waals surface area (Å²) in [6.45, 7) is -2.87. The maximum absolute atomic E-state index is 12.9. The van der Waals surface area contributed by atoms with Crippen molar-refractivity contribution < 1.29 is 37.4 Å².